The van der Waals surface area contributed by atoms with Gasteiger partial charge in [0, 0.05) is 16.6 Å². The summed E-state index contributed by atoms with van der Waals surface area (Å²) in [5.74, 6) is -0.848. The Morgan fingerprint density at radius 3 is 1.35 bits per heavy atom. The first-order valence-corrected chi connectivity index (χ1v) is 17.5. The maximum absolute atomic E-state index is 12.9. The van der Waals surface area contributed by atoms with Crippen LogP contribution in [-0.2, 0) is 24.5 Å². The molecular formula is C47H42O4. The molecule has 51 heavy (non-hydrogen) atoms. The van der Waals surface area contributed by atoms with Crippen molar-refractivity contribution in [3.8, 4) is 33.4 Å². The zero-order valence-electron chi connectivity index (χ0n) is 29.7. The van der Waals surface area contributed by atoms with E-state index < -0.39 is 29.6 Å². The van der Waals surface area contributed by atoms with E-state index in [-0.39, 0.29) is 0 Å². The van der Waals surface area contributed by atoms with Crippen LogP contribution < -0.4 is 0 Å². The lowest BCUT2D eigenvalue weighted by atomic mass is 9.69. The average molecular weight is 671 g/mol. The molecule has 0 saturated carbocycles. The summed E-state index contributed by atoms with van der Waals surface area (Å²) in [6, 6.07) is 43.1. The number of esters is 2. The van der Waals surface area contributed by atoms with Crippen LogP contribution in [0, 0.1) is 0 Å². The highest BCUT2D eigenvalue weighted by molar-refractivity contribution is 5.99. The van der Waals surface area contributed by atoms with Gasteiger partial charge in [-0.25, -0.2) is 9.59 Å². The first-order chi connectivity index (χ1) is 24.6. The zero-order chi connectivity index (χ0) is 35.9. The van der Waals surface area contributed by atoms with E-state index in [4.69, 9.17) is 9.47 Å². The minimum absolute atomic E-state index is 0.350. The van der Waals surface area contributed by atoms with Gasteiger partial charge in [0.1, 0.15) is 12.2 Å². The summed E-state index contributed by atoms with van der Waals surface area (Å²) in [5.41, 5.74) is 8.96. The Morgan fingerprint density at radius 1 is 0.549 bits per heavy atom. The van der Waals surface area contributed by atoms with Gasteiger partial charge in [-0.1, -0.05) is 122 Å². The molecule has 0 fully saturated rings. The average Bonchev–Trinajstić information content (AvgIpc) is 3.38. The second-order valence-corrected chi connectivity index (χ2v) is 14.1. The molecule has 0 N–H and O–H groups in total. The fourth-order valence-corrected chi connectivity index (χ4v) is 7.94. The Hall–Kier alpha value is -5.74. The first-order valence-electron chi connectivity index (χ1n) is 17.5. The molecule has 6 aromatic carbocycles. The van der Waals surface area contributed by atoms with E-state index in [1.807, 2.05) is 13.8 Å². The number of hydrogen-bond donors (Lipinski definition) is 0. The lowest BCUT2D eigenvalue weighted by Crippen LogP contribution is -2.36. The summed E-state index contributed by atoms with van der Waals surface area (Å²) in [4.78, 5) is 25.8. The number of carbonyl (C=O) groups is 2. The molecule has 6 aromatic rings. The molecule has 0 radical (unpaired) electrons. The second-order valence-electron chi connectivity index (χ2n) is 14.1. The summed E-state index contributed by atoms with van der Waals surface area (Å²) in [7, 11) is 0. The van der Waals surface area contributed by atoms with E-state index in [0.29, 0.717) is 24.0 Å². The van der Waals surface area contributed by atoms with Crippen LogP contribution in [0.4, 0.5) is 0 Å². The number of hydrogen-bond acceptors (Lipinski definition) is 4. The molecule has 0 amide bonds. The van der Waals surface area contributed by atoms with Gasteiger partial charge in [0.15, 0.2) is 0 Å². The lowest BCUT2D eigenvalue weighted by Gasteiger charge is -2.37. The van der Waals surface area contributed by atoms with E-state index in [9.17, 15) is 9.59 Å². The third kappa shape index (κ3) is 6.27. The zero-order valence-corrected chi connectivity index (χ0v) is 29.7. The van der Waals surface area contributed by atoms with Crippen LogP contribution in [-0.4, -0.2) is 24.1 Å². The van der Waals surface area contributed by atoms with Gasteiger partial charge in [-0.15, -0.1) is 0 Å². The largest absolute Gasteiger partial charge is 0.459 e. The third-order valence-electron chi connectivity index (χ3n) is 10.1. The van der Waals surface area contributed by atoms with Crippen LogP contribution in [0.25, 0.3) is 54.9 Å². The van der Waals surface area contributed by atoms with E-state index in [1.165, 1.54) is 21.5 Å². The van der Waals surface area contributed by atoms with Crippen molar-refractivity contribution >= 4 is 33.5 Å². The van der Waals surface area contributed by atoms with Crippen molar-refractivity contribution in [2.24, 2.45) is 0 Å². The topological polar surface area (TPSA) is 52.6 Å². The summed E-state index contributed by atoms with van der Waals surface area (Å²) in [6.07, 6.45) is -0.00305. The molecule has 1 aliphatic carbocycles. The molecule has 4 nitrogen and oxygen atoms in total. The normalized spacial score (nSPS) is 14.0. The number of rotatable bonds is 10. The predicted molar refractivity (Wildman–Crippen MR) is 209 cm³/mol. The van der Waals surface area contributed by atoms with Gasteiger partial charge < -0.3 is 9.47 Å². The highest BCUT2D eigenvalue weighted by Crippen LogP contribution is 2.56. The Labute approximate surface area is 300 Å². The summed E-state index contributed by atoms with van der Waals surface area (Å²) >= 11 is 0. The van der Waals surface area contributed by atoms with Crippen molar-refractivity contribution in [3.05, 3.63) is 157 Å². The van der Waals surface area contributed by atoms with Crippen LogP contribution in [0.2, 0.25) is 0 Å². The molecule has 0 bridgehead atoms. The summed E-state index contributed by atoms with van der Waals surface area (Å²) in [6.45, 7) is 14.9. The smallest absolute Gasteiger partial charge is 0.333 e. The maximum atomic E-state index is 12.9. The molecule has 0 aliphatic heterocycles. The van der Waals surface area contributed by atoms with E-state index in [0.717, 1.165) is 44.5 Å². The molecule has 0 heterocycles. The van der Waals surface area contributed by atoms with Gasteiger partial charge in [0.05, 0.1) is 0 Å². The van der Waals surface area contributed by atoms with Crippen molar-refractivity contribution < 1.29 is 19.1 Å². The van der Waals surface area contributed by atoms with Gasteiger partial charge in [-0.3, -0.25) is 0 Å². The minimum atomic E-state index is -0.685. The van der Waals surface area contributed by atoms with E-state index in [2.05, 4.69) is 134 Å². The highest BCUT2D eigenvalue weighted by Gasteiger charge is 2.46. The minimum Gasteiger partial charge on any atom is -0.459 e. The fraction of sp³-hybridized carbons (Fsp3) is 0.191. The van der Waals surface area contributed by atoms with Crippen LogP contribution in [0.3, 0.4) is 0 Å². The van der Waals surface area contributed by atoms with Crippen LogP contribution in [0.5, 0.6) is 0 Å². The molecule has 0 aromatic heterocycles. The first kappa shape index (κ1) is 33.7. The molecule has 0 spiro atoms. The summed E-state index contributed by atoms with van der Waals surface area (Å²) in [5, 5.41) is 4.69. The van der Waals surface area contributed by atoms with E-state index >= 15 is 0 Å². The van der Waals surface area contributed by atoms with Gasteiger partial charge in [0.25, 0.3) is 0 Å². The van der Waals surface area contributed by atoms with E-state index in [1.54, 1.807) is 13.8 Å². The number of carbonyl (C=O) groups excluding carboxylic acids is 2. The molecule has 2 unspecified atom stereocenters. The second kappa shape index (κ2) is 13.5. The molecule has 4 heteroatoms. The Morgan fingerprint density at radius 2 is 0.941 bits per heavy atom. The van der Waals surface area contributed by atoms with Gasteiger partial charge in [-0.05, 0) is 119 Å². The molecule has 2 atom stereocenters. The lowest BCUT2D eigenvalue weighted by molar-refractivity contribution is -0.144. The Kier molecular flexibility index (Phi) is 8.95. The quantitative estimate of drug-likeness (QED) is 0.108. The van der Waals surface area contributed by atoms with Crippen molar-refractivity contribution in [1.29, 1.82) is 0 Å². The number of benzene rings is 6. The van der Waals surface area contributed by atoms with Gasteiger partial charge in [0.2, 0.25) is 0 Å². The predicted octanol–water partition coefficient (Wildman–Crippen LogP) is 11.4. The van der Waals surface area contributed by atoms with Crippen LogP contribution in [0.1, 0.15) is 51.7 Å². The molecule has 0 saturated heterocycles. The monoisotopic (exact) mass is 670 g/mol. The van der Waals surface area contributed by atoms with Crippen molar-refractivity contribution in [3.63, 3.8) is 0 Å². The molecule has 1 aliphatic rings. The fourth-order valence-electron chi connectivity index (χ4n) is 7.94. The SMILES string of the molecule is C=C(C)C(=O)OC(C)CC1(CC(C)OC(=O)C(=C)C)c2cc(-c3cccc4ccccc34)ccc2-c2ccc(-c3cccc4ccccc34)cc21. The van der Waals surface area contributed by atoms with Crippen LogP contribution in [0.15, 0.2) is 146 Å². The Balaban J connectivity index is 1.46. The third-order valence-corrected chi connectivity index (χ3v) is 10.1. The maximum Gasteiger partial charge on any atom is 0.333 e. The van der Waals surface area contributed by atoms with Gasteiger partial charge >= 0.3 is 11.9 Å². The number of fused-ring (bicyclic) bond motifs is 5. The van der Waals surface area contributed by atoms with Gasteiger partial charge in [-0.2, -0.15) is 0 Å². The standard InChI is InChI=1S/C47H42O4/c1-29(2)45(48)50-31(5)27-47(28-32(6)51-46(49)30(3)4)43-25-35(39-19-11-15-33-13-7-9-17-37(33)39)21-23-41(43)42-24-22-36(26-44(42)47)40-20-12-16-34-14-8-10-18-38(34)40/h7-26,31-32H,1,3,27-28H2,2,4-6H3. The molecule has 254 valence electrons. The van der Waals surface area contributed by atoms with Crippen molar-refractivity contribution in [1.82, 2.24) is 0 Å². The Bertz CT molecular complexity index is 2190. The highest BCUT2D eigenvalue weighted by atomic mass is 16.5. The van der Waals surface area contributed by atoms with Crippen LogP contribution >= 0.6 is 0 Å². The number of ether oxygens (including phenoxy) is 2. The van der Waals surface area contributed by atoms with Crippen molar-refractivity contribution in [2.45, 2.75) is 58.2 Å². The van der Waals surface area contributed by atoms with Crippen molar-refractivity contribution in [2.75, 3.05) is 0 Å². The molecular weight excluding hydrogens is 629 g/mol. The summed E-state index contributed by atoms with van der Waals surface area (Å²) < 4.78 is 12.0. The molecule has 7 rings (SSSR count).